The zero-order chi connectivity index (χ0) is 26.8. The number of halogens is 2. The molecule has 3 aromatic carbocycles. The molecular formula is C32H33Cl2N3O2. The number of benzene rings is 3. The Labute approximate surface area is 239 Å². The summed E-state index contributed by atoms with van der Waals surface area (Å²) in [5.41, 5.74) is 6.81. The summed E-state index contributed by atoms with van der Waals surface area (Å²) in [7, 11) is 0. The number of ether oxygens (including phenoxy) is 1. The lowest BCUT2D eigenvalue weighted by Crippen LogP contribution is -2.41. The summed E-state index contributed by atoms with van der Waals surface area (Å²) in [6, 6.07) is 22.2. The number of aromatic amines is 1. The van der Waals surface area contributed by atoms with Crippen LogP contribution in [-0.4, -0.2) is 60.1 Å². The van der Waals surface area contributed by atoms with Crippen LogP contribution in [0.4, 0.5) is 0 Å². The van der Waals surface area contributed by atoms with Crippen molar-refractivity contribution in [1.82, 2.24) is 14.8 Å². The number of rotatable bonds is 7. The third-order valence-corrected chi connectivity index (χ3v) is 8.50. The molecule has 0 radical (unpaired) electrons. The number of hydrogen-bond donors (Lipinski definition) is 1. The van der Waals surface area contributed by atoms with Crippen molar-refractivity contribution in [3.63, 3.8) is 0 Å². The number of nitrogens with zero attached hydrogens (tertiary/aromatic N) is 2. The van der Waals surface area contributed by atoms with E-state index in [1.807, 2.05) is 47.4 Å². The van der Waals surface area contributed by atoms with Crippen molar-refractivity contribution in [3.05, 3.63) is 105 Å². The zero-order valence-electron chi connectivity index (χ0n) is 22.0. The minimum absolute atomic E-state index is 0.110. The predicted molar refractivity (Wildman–Crippen MR) is 158 cm³/mol. The first-order chi connectivity index (χ1) is 19.0. The Morgan fingerprint density at radius 3 is 2.38 bits per heavy atom. The molecule has 3 heterocycles. The van der Waals surface area contributed by atoms with Crippen molar-refractivity contribution >= 4 is 40.0 Å². The maximum Gasteiger partial charge on any atom is 0.227 e. The van der Waals surface area contributed by atoms with Gasteiger partial charge >= 0.3 is 0 Å². The van der Waals surface area contributed by atoms with E-state index in [4.69, 9.17) is 27.9 Å². The second-order valence-corrected chi connectivity index (χ2v) is 11.4. The van der Waals surface area contributed by atoms with Crippen LogP contribution in [0.2, 0.25) is 10.0 Å². The maximum atomic E-state index is 13.7. The SMILES string of the molecule is O=C(Cc1ccc(Cl)cc1)N1CCc2c([nH]c3ccc(Cl)cc23)C1c1ccc(CCCN2CCOCC2)cc1. The van der Waals surface area contributed by atoms with Gasteiger partial charge in [0.25, 0.3) is 0 Å². The molecule has 7 heteroatoms. The Balaban J connectivity index is 1.26. The fraction of sp³-hybridized carbons (Fsp3) is 0.344. The highest BCUT2D eigenvalue weighted by Crippen LogP contribution is 2.39. The maximum absolute atomic E-state index is 13.7. The van der Waals surface area contributed by atoms with Gasteiger partial charge in [-0.05, 0) is 78.4 Å². The number of carbonyl (C=O) groups excluding carboxylic acids is 1. The Morgan fingerprint density at radius 2 is 1.62 bits per heavy atom. The second-order valence-electron chi connectivity index (χ2n) is 10.5. The van der Waals surface area contributed by atoms with Crippen LogP contribution in [-0.2, 0) is 28.8 Å². The molecule has 39 heavy (non-hydrogen) atoms. The Bertz CT molecular complexity index is 1440. The van der Waals surface area contributed by atoms with Gasteiger partial charge in [-0.25, -0.2) is 0 Å². The van der Waals surface area contributed by atoms with Gasteiger partial charge in [0.15, 0.2) is 0 Å². The molecule has 0 bridgehead atoms. The minimum atomic E-state index is -0.179. The van der Waals surface area contributed by atoms with Gasteiger partial charge in [0.05, 0.1) is 25.7 Å². The monoisotopic (exact) mass is 561 g/mol. The van der Waals surface area contributed by atoms with E-state index in [0.29, 0.717) is 18.0 Å². The molecule has 6 rings (SSSR count). The lowest BCUT2D eigenvalue weighted by atomic mass is 9.91. The molecule has 0 aliphatic carbocycles. The number of morpholine rings is 1. The molecule has 4 aromatic rings. The molecule has 1 unspecified atom stereocenters. The highest BCUT2D eigenvalue weighted by Gasteiger charge is 2.34. The Kier molecular flexibility index (Phi) is 7.94. The van der Waals surface area contributed by atoms with E-state index in [0.717, 1.165) is 84.9 Å². The van der Waals surface area contributed by atoms with Crippen LogP contribution in [0.25, 0.3) is 10.9 Å². The van der Waals surface area contributed by atoms with Gasteiger partial charge in [-0.3, -0.25) is 9.69 Å². The van der Waals surface area contributed by atoms with Crippen molar-refractivity contribution in [2.24, 2.45) is 0 Å². The van der Waals surface area contributed by atoms with Crippen molar-refractivity contribution in [1.29, 1.82) is 0 Å². The number of amides is 1. The fourth-order valence-electron chi connectivity index (χ4n) is 5.95. The van der Waals surface area contributed by atoms with Crippen LogP contribution in [0.15, 0.2) is 66.7 Å². The Hall–Kier alpha value is -2.83. The lowest BCUT2D eigenvalue weighted by Gasteiger charge is -2.36. The molecule has 2 aliphatic rings. The largest absolute Gasteiger partial charge is 0.379 e. The number of aromatic nitrogens is 1. The average Bonchev–Trinajstić information content (AvgIpc) is 3.32. The van der Waals surface area contributed by atoms with Gasteiger partial charge in [-0.1, -0.05) is 59.6 Å². The van der Waals surface area contributed by atoms with E-state index >= 15 is 0 Å². The van der Waals surface area contributed by atoms with E-state index in [-0.39, 0.29) is 11.9 Å². The van der Waals surface area contributed by atoms with E-state index in [1.165, 1.54) is 11.1 Å². The first-order valence-electron chi connectivity index (χ1n) is 13.8. The predicted octanol–water partition coefficient (Wildman–Crippen LogP) is 6.46. The smallest absolute Gasteiger partial charge is 0.227 e. The van der Waals surface area contributed by atoms with E-state index in [9.17, 15) is 4.79 Å². The molecule has 2 aliphatic heterocycles. The van der Waals surface area contributed by atoms with Crippen molar-refractivity contribution < 1.29 is 9.53 Å². The number of H-pyrrole nitrogens is 1. The average molecular weight is 563 g/mol. The number of carbonyl (C=O) groups is 1. The van der Waals surface area contributed by atoms with Crippen molar-refractivity contribution in [3.8, 4) is 0 Å². The quantitative estimate of drug-likeness (QED) is 0.282. The summed E-state index contributed by atoms with van der Waals surface area (Å²) in [6.07, 6.45) is 3.30. The second kappa shape index (κ2) is 11.7. The van der Waals surface area contributed by atoms with Gasteiger partial charge in [-0.15, -0.1) is 0 Å². The summed E-state index contributed by atoms with van der Waals surface area (Å²) < 4.78 is 5.46. The molecule has 1 atom stereocenters. The van der Waals surface area contributed by atoms with E-state index < -0.39 is 0 Å². The van der Waals surface area contributed by atoms with Crippen molar-refractivity contribution in [2.75, 3.05) is 39.4 Å². The minimum Gasteiger partial charge on any atom is -0.379 e. The third-order valence-electron chi connectivity index (χ3n) is 8.02. The molecule has 1 aromatic heterocycles. The summed E-state index contributed by atoms with van der Waals surface area (Å²) in [5, 5.41) is 2.55. The molecule has 5 nitrogen and oxygen atoms in total. The molecule has 202 valence electrons. The summed E-state index contributed by atoms with van der Waals surface area (Å²) >= 11 is 12.4. The first-order valence-corrected chi connectivity index (χ1v) is 14.5. The molecule has 0 spiro atoms. The van der Waals surface area contributed by atoms with Crippen LogP contribution in [0, 0.1) is 0 Å². The molecular weight excluding hydrogens is 529 g/mol. The molecule has 0 saturated carbocycles. The number of fused-ring (bicyclic) bond motifs is 3. The molecule has 1 N–H and O–H groups in total. The van der Waals surface area contributed by atoms with Gasteiger partial charge in [0.2, 0.25) is 5.91 Å². The topological polar surface area (TPSA) is 48.6 Å². The number of nitrogens with one attached hydrogen (secondary N) is 1. The molecule has 1 amide bonds. The summed E-state index contributed by atoms with van der Waals surface area (Å²) in [4.78, 5) is 21.9. The van der Waals surface area contributed by atoms with Crippen LogP contribution in [0.3, 0.4) is 0 Å². The van der Waals surface area contributed by atoms with Crippen molar-refractivity contribution in [2.45, 2.75) is 31.7 Å². The standard InChI is InChI=1S/C32H33Cl2N3O2/c33-25-9-5-23(6-10-25)20-30(38)37-15-13-27-28-21-26(34)11-12-29(28)35-31(27)32(37)24-7-3-22(4-8-24)2-1-14-36-16-18-39-19-17-36/h3-12,21,32,35H,1-2,13-20H2. The van der Waals surface area contributed by atoms with Crippen LogP contribution in [0.1, 0.15) is 40.4 Å². The van der Waals surface area contributed by atoms with Crippen LogP contribution in [0.5, 0.6) is 0 Å². The summed E-state index contributed by atoms with van der Waals surface area (Å²) in [5.74, 6) is 0.110. The van der Waals surface area contributed by atoms with Crippen LogP contribution < -0.4 is 0 Å². The van der Waals surface area contributed by atoms with E-state index in [2.05, 4.69) is 34.1 Å². The fourth-order valence-corrected chi connectivity index (χ4v) is 6.25. The highest BCUT2D eigenvalue weighted by molar-refractivity contribution is 6.31. The third kappa shape index (κ3) is 5.87. The summed E-state index contributed by atoms with van der Waals surface area (Å²) in [6.45, 7) is 5.49. The number of aryl methyl sites for hydroxylation is 1. The highest BCUT2D eigenvalue weighted by atomic mass is 35.5. The van der Waals surface area contributed by atoms with Crippen LogP contribution >= 0.6 is 23.2 Å². The number of hydrogen-bond acceptors (Lipinski definition) is 3. The zero-order valence-corrected chi connectivity index (χ0v) is 23.5. The van der Waals surface area contributed by atoms with Gasteiger partial charge in [0, 0.05) is 46.3 Å². The van der Waals surface area contributed by atoms with Gasteiger partial charge in [0.1, 0.15) is 0 Å². The van der Waals surface area contributed by atoms with E-state index in [1.54, 1.807) is 0 Å². The first kappa shape index (κ1) is 26.4. The molecule has 1 saturated heterocycles. The van der Waals surface area contributed by atoms with Gasteiger partial charge in [-0.2, -0.15) is 0 Å². The normalized spacial score (nSPS) is 17.9. The Morgan fingerprint density at radius 1 is 0.897 bits per heavy atom. The lowest BCUT2D eigenvalue weighted by molar-refractivity contribution is -0.132. The van der Waals surface area contributed by atoms with Gasteiger partial charge < -0.3 is 14.6 Å². The molecule has 1 fully saturated rings.